The molecule has 1 aliphatic heterocycles. The topological polar surface area (TPSA) is 51.2 Å². The number of hydrogen-bond acceptors (Lipinski definition) is 3. The van der Waals surface area contributed by atoms with Crippen molar-refractivity contribution in [2.75, 3.05) is 11.9 Å². The Morgan fingerprint density at radius 3 is 3.17 bits per heavy atom. The van der Waals surface area contributed by atoms with E-state index in [1.165, 1.54) is 6.42 Å². The SMILES string of the molecule is O=C(CCC1CCCCO1)Nc1ncccc1Cl. The number of rotatable bonds is 4. The maximum atomic E-state index is 11.7. The van der Waals surface area contributed by atoms with E-state index in [0.29, 0.717) is 17.3 Å². The highest BCUT2D eigenvalue weighted by molar-refractivity contribution is 6.33. The van der Waals surface area contributed by atoms with Crippen LogP contribution in [-0.4, -0.2) is 23.6 Å². The van der Waals surface area contributed by atoms with Crippen molar-refractivity contribution in [3.05, 3.63) is 23.4 Å². The van der Waals surface area contributed by atoms with Gasteiger partial charge in [0.05, 0.1) is 11.1 Å². The summed E-state index contributed by atoms with van der Waals surface area (Å²) in [5.74, 6) is 0.360. The Morgan fingerprint density at radius 2 is 2.44 bits per heavy atom. The molecular formula is C13H17ClN2O2. The molecule has 0 saturated carbocycles. The van der Waals surface area contributed by atoms with Crippen molar-refractivity contribution in [3.63, 3.8) is 0 Å². The molecule has 2 rings (SSSR count). The minimum atomic E-state index is -0.0650. The third kappa shape index (κ3) is 3.96. The van der Waals surface area contributed by atoms with Gasteiger partial charge in [-0.05, 0) is 37.8 Å². The number of halogens is 1. The number of aromatic nitrogens is 1. The summed E-state index contributed by atoms with van der Waals surface area (Å²) >= 11 is 5.92. The quantitative estimate of drug-likeness (QED) is 0.913. The van der Waals surface area contributed by atoms with E-state index in [1.54, 1.807) is 18.3 Å². The van der Waals surface area contributed by atoms with Crippen LogP contribution in [-0.2, 0) is 9.53 Å². The van der Waals surface area contributed by atoms with Gasteiger partial charge in [0, 0.05) is 19.2 Å². The Labute approximate surface area is 112 Å². The van der Waals surface area contributed by atoms with Crippen LogP contribution in [0, 0.1) is 0 Å². The summed E-state index contributed by atoms with van der Waals surface area (Å²) in [6.45, 7) is 0.818. The van der Waals surface area contributed by atoms with Crippen LogP contribution in [0.15, 0.2) is 18.3 Å². The minimum Gasteiger partial charge on any atom is -0.378 e. The van der Waals surface area contributed by atoms with Crippen LogP contribution in [0.5, 0.6) is 0 Å². The van der Waals surface area contributed by atoms with Gasteiger partial charge in [-0.25, -0.2) is 4.98 Å². The first kappa shape index (κ1) is 13.3. The predicted octanol–water partition coefficient (Wildman–Crippen LogP) is 3.02. The van der Waals surface area contributed by atoms with Crippen LogP contribution in [0.1, 0.15) is 32.1 Å². The van der Waals surface area contributed by atoms with Crippen LogP contribution in [0.3, 0.4) is 0 Å². The van der Waals surface area contributed by atoms with E-state index in [1.807, 2.05) is 0 Å². The van der Waals surface area contributed by atoms with Gasteiger partial charge in [0.25, 0.3) is 0 Å². The largest absolute Gasteiger partial charge is 0.378 e. The minimum absolute atomic E-state index is 0.0650. The van der Waals surface area contributed by atoms with Crippen LogP contribution in [0.25, 0.3) is 0 Å². The van der Waals surface area contributed by atoms with Crippen molar-refractivity contribution in [1.82, 2.24) is 4.98 Å². The Morgan fingerprint density at radius 1 is 1.56 bits per heavy atom. The van der Waals surface area contributed by atoms with E-state index in [2.05, 4.69) is 10.3 Å². The fourth-order valence-corrected chi connectivity index (χ4v) is 2.17. The first-order chi connectivity index (χ1) is 8.75. The predicted molar refractivity (Wildman–Crippen MR) is 70.7 cm³/mol. The zero-order chi connectivity index (χ0) is 12.8. The molecule has 0 aromatic carbocycles. The summed E-state index contributed by atoms with van der Waals surface area (Å²) in [7, 11) is 0. The van der Waals surface area contributed by atoms with Crippen molar-refractivity contribution < 1.29 is 9.53 Å². The second kappa shape index (κ2) is 6.71. The number of pyridine rings is 1. The van der Waals surface area contributed by atoms with Crippen LogP contribution >= 0.6 is 11.6 Å². The molecule has 1 amide bonds. The average molecular weight is 269 g/mol. The maximum Gasteiger partial charge on any atom is 0.225 e. The molecule has 1 fully saturated rings. The fraction of sp³-hybridized carbons (Fsp3) is 0.538. The number of amides is 1. The zero-order valence-corrected chi connectivity index (χ0v) is 10.9. The van der Waals surface area contributed by atoms with Gasteiger partial charge < -0.3 is 10.1 Å². The lowest BCUT2D eigenvalue weighted by atomic mass is 10.0. The van der Waals surface area contributed by atoms with Gasteiger partial charge in [-0.15, -0.1) is 0 Å². The van der Waals surface area contributed by atoms with Gasteiger partial charge in [0.15, 0.2) is 5.82 Å². The number of nitrogens with zero attached hydrogens (tertiary/aromatic N) is 1. The molecule has 1 aromatic rings. The second-order valence-electron chi connectivity index (χ2n) is 4.41. The normalized spacial score (nSPS) is 19.5. The van der Waals surface area contributed by atoms with E-state index >= 15 is 0 Å². The van der Waals surface area contributed by atoms with Crippen molar-refractivity contribution in [2.24, 2.45) is 0 Å². The summed E-state index contributed by atoms with van der Waals surface area (Å²) in [6.07, 6.45) is 6.41. The standard InChI is InChI=1S/C13H17ClN2O2/c14-11-5-3-8-15-13(11)16-12(17)7-6-10-4-1-2-9-18-10/h3,5,8,10H,1-2,4,6-7,9H2,(H,15,16,17). The number of carbonyl (C=O) groups is 1. The Kier molecular flexibility index (Phi) is 4.96. The van der Waals surface area contributed by atoms with Crippen molar-refractivity contribution in [2.45, 2.75) is 38.2 Å². The number of hydrogen-bond donors (Lipinski definition) is 1. The monoisotopic (exact) mass is 268 g/mol. The van der Waals surface area contributed by atoms with Crippen LogP contribution in [0.2, 0.25) is 5.02 Å². The number of carbonyl (C=O) groups excluding carboxylic acids is 1. The van der Waals surface area contributed by atoms with Crippen molar-refractivity contribution >= 4 is 23.3 Å². The highest BCUT2D eigenvalue weighted by atomic mass is 35.5. The second-order valence-corrected chi connectivity index (χ2v) is 4.82. The fourth-order valence-electron chi connectivity index (χ4n) is 2.00. The molecule has 2 heterocycles. The average Bonchev–Trinajstić information content (AvgIpc) is 2.40. The molecule has 1 aromatic heterocycles. The Hall–Kier alpha value is -1.13. The van der Waals surface area contributed by atoms with Crippen LogP contribution < -0.4 is 5.32 Å². The molecular weight excluding hydrogens is 252 g/mol. The lowest BCUT2D eigenvalue weighted by Gasteiger charge is -2.22. The Bertz CT molecular complexity index is 406. The molecule has 1 aliphatic rings. The molecule has 18 heavy (non-hydrogen) atoms. The molecule has 98 valence electrons. The first-order valence-electron chi connectivity index (χ1n) is 6.27. The number of ether oxygens (including phenoxy) is 1. The van der Waals surface area contributed by atoms with E-state index in [9.17, 15) is 4.79 Å². The van der Waals surface area contributed by atoms with Gasteiger partial charge >= 0.3 is 0 Å². The smallest absolute Gasteiger partial charge is 0.225 e. The maximum absolute atomic E-state index is 11.7. The molecule has 0 radical (unpaired) electrons. The molecule has 1 saturated heterocycles. The molecule has 0 bridgehead atoms. The van der Waals surface area contributed by atoms with Gasteiger partial charge in [-0.2, -0.15) is 0 Å². The summed E-state index contributed by atoms with van der Waals surface area (Å²) in [5, 5.41) is 3.17. The van der Waals surface area contributed by atoms with Gasteiger partial charge in [0.2, 0.25) is 5.91 Å². The first-order valence-corrected chi connectivity index (χ1v) is 6.65. The third-order valence-electron chi connectivity index (χ3n) is 2.98. The number of anilines is 1. The lowest BCUT2D eigenvalue weighted by molar-refractivity contribution is -0.117. The molecule has 0 aliphatic carbocycles. The summed E-state index contributed by atoms with van der Waals surface area (Å²) in [6, 6.07) is 3.43. The Balaban J connectivity index is 1.76. The molecule has 5 heteroatoms. The van der Waals surface area contributed by atoms with Gasteiger partial charge in [-0.1, -0.05) is 11.6 Å². The van der Waals surface area contributed by atoms with Crippen molar-refractivity contribution in [1.29, 1.82) is 0 Å². The lowest BCUT2D eigenvalue weighted by Crippen LogP contribution is -2.22. The van der Waals surface area contributed by atoms with Crippen molar-refractivity contribution in [3.8, 4) is 0 Å². The van der Waals surface area contributed by atoms with Gasteiger partial charge in [0.1, 0.15) is 0 Å². The number of nitrogens with one attached hydrogen (secondary N) is 1. The molecule has 1 atom stereocenters. The van der Waals surface area contributed by atoms with E-state index in [0.717, 1.165) is 25.9 Å². The summed E-state index contributed by atoms with van der Waals surface area (Å²) < 4.78 is 5.58. The zero-order valence-electron chi connectivity index (χ0n) is 10.2. The highest BCUT2D eigenvalue weighted by Crippen LogP contribution is 2.19. The van der Waals surface area contributed by atoms with Gasteiger partial charge in [-0.3, -0.25) is 4.79 Å². The molecule has 0 spiro atoms. The van der Waals surface area contributed by atoms with E-state index in [-0.39, 0.29) is 12.0 Å². The molecule has 1 N–H and O–H groups in total. The third-order valence-corrected chi connectivity index (χ3v) is 3.29. The highest BCUT2D eigenvalue weighted by Gasteiger charge is 2.15. The van der Waals surface area contributed by atoms with Crippen LogP contribution in [0.4, 0.5) is 5.82 Å². The van der Waals surface area contributed by atoms with E-state index < -0.39 is 0 Å². The summed E-state index contributed by atoms with van der Waals surface area (Å²) in [5.41, 5.74) is 0. The molecule has 1 unspecified atom stereocenters. The summed E-state index contributed by atoms with van der Waals surface area (Å²) in [4.78, 5) is 15.8. The molecule has 4 nitrogen and oxygen atoms in total. The van der Waals surface area contributed by atoms with E-state index in [4.69, 9.17) is 16.3 Å².